The van der Waals surface area contributed by atoms with Gasteiger partial charge in [0.05, 0.1) is 22.4 Å². The molecule has 0 saturated heterocycles. The van der Waals surface area contributed by atoms with Gasteiger partial charge in [0, 0.05) is 0 Å². The van der Waals surface area contributed by atoms with E-state index in [4.69, 9.17) is 17.7 Å². The van der Waals surface area contributed by atoms with Crippen LogP contribution in [0.5, 0.6) is 0 Å². The average Bonchev–Trinajstić information content (AvgIpc) is 2.71. The van der Waals surface area contributed by atoms with Crippen molar-refractivity contribution in [3.05, 3.63) is 0 Å². The largest absolute Gasteiger partial charge is 0.681 e. The maximum absolute atomic E-state index is 7.28. The first-order valence-electron chi connectivity index (χ1n) is 14.9. The zero-order valence-corrected chi connectivity index (χ0v) is 30.0. The van der Waals surface area contributed by atoms with Crippen LogP contribution < -0.4 is 0 Å². The fourth-order valence-electron chi connectivity index (χ4n) is 3.63. The molecule has 4 nitrogen and oxygen atoms in total. The minimum absolute atomic E-state index is 0.124. The molecule has 0 rings (SSSR count). The smallest absolute Gasteiger partial charge is 0.345 e. The molecule has 0 aromatic rings. The zero-order chi connectivity index (χ0) is 30.2. The Labute approximate surface area is 234 Å². The Morgan fingerprint density at radius 2 is 0.459 bits per heavy atom. The lowest BCUT2D eigenvalue weighted by molar-refractivity contribution is -0.224. The standard InChI is InChI=1S/C32H68O4Si/c1-21-25(5,6)29(13,14)33-37(34-30(15,16)26(7,8)22-2,35-31(17,18)27(9,10)23-3)36-32(19,20)28(11,12)24-4/h21-24H2,1-20H3. The molecule has 0 aromatic heterocycles. The van der Waals surface area contributed by atoms with Crippen molar-refractivity contribution in [2.75, 3.05) is 0 Å². The SMILES string of the molecule is CCC(C)(C)C(C)(C)O[Si](OC(C)(C)C(C)(C)CC)(OC(C)(C)C(C)(C)CC)OC(C)(C)C(C)(C)CC. The average molecular weight is 545 g/mol. The molecule has 37 heavy (non-hydrogen) atoms. The van der Waals surface area contributed by atoms with Gasteiger partial charge in [-0.2, -0.15) is 0 Å². The normalized spacial score (nSPS) is 15.9. The van der Waals surface area contributed by atoms with Crippen molar-refractivity contribution in [1.82, 2.24) is 0 Å². The van der Waals surface area contributed by atoms with Crippen molar-refractivity contribution >= 4 is 9.05 Å². The molecule has 0 unspecified atom stereocenters. The first-order valence-corrected chi connectivity index (χ1v) is 16.5. The van der Waals surface area contributed by atoms with Crippen LogP contribution in [0.15, 0.2) is 0 Å². The van der Waals surface area contributed by atoms with Crippen molar-refractivity contribution < 1.29 is 17.7 Å². The summed E-state index contributed by atoms with van der Waals surface area (Å²) in [6.07, 6.45) is 3.84. The van der Waals surface area contributed by atoms with Gasteiger partial charge in [-0.05, 0) is 103 Å². The molecule has 0 radical (unpaired) electrons. The summed E-state index contributed by atoms with van der Waals surface area (Å²) in [7, 11) is -3.84. The number of hydrogen-bond donors (Lipinski definition) is 0. The van der Waals surface area contributed by atoms with E-state index in [1.165, 1.54) is 0 Å². The van der Waals surface area contributed by atoms with Crippen LogP contribution in [0.3, 0.4) is 0 Å². The second-order valence-corrected chi connectivity index (χ2v) is 17.7. The van der Waals surface area contributed by atoms with Crippen LogP contribution >= 0.6 is 0 Å². The van der Waals surface area contributed by atoms with Crippen LogP contribution in [0, 0.1) is 21.7 Å². The van der Waals surface area contributed by atoms with Gasteiger partial charge in [0.2, 0.25) is 0 Å². The zero-order valence-electron chi connectivity index (χ0n) is 29.0. The van der Waals surface area contributed by atoms with Gasteiger partial charge in [0.1, 0.15) is 0 Å². The lowest BCUT2D eigenvalue weighted by atomic mass is 9.75. The summed E-state index contributed by atoms with van der Waals surface area (Å²) in [5, 5.41) is 0. The van der Waals surface area contributed by atoms with E-state index in [1.54, 1.807) is 0 Å². The summed E-state index contributed by atoms with van der Waals surface area (Å²) < 4.78 is 29.1. The lowest BCUT2D eigenvalue weighted by Crippen LogP contribution is -2.68. The molecule has 0 aliphatic carbocycles. The predicted molar refractivity (Wildman–Crippen MR) is 163 cm³/mol. The number of rotatable bonds is 16. The minimum Gasteiger partial charge on any atom is -0.345 e. The Hall–Kier alpha value is 0.0569. The van der Waals surface area contributed by atoms with Crippen molar-refractivity contribution in [3.8, 4) is 0 Å². The molecule has 0 N–H and O–H groups in total. The Morgan fingerprint density at radius 3 is 0.568 bits per heavy atom. The maximum Gasteiger partial charge on any atom is 0.681 e. The third-order valence-corrected chi connectivity index (χ3v) is 14.6. The van der Waals surface area contributed by atoms with Crippen molar-refractivity contribution in [2.24, 2.45) is 21.7 Å². The van der Waals surface area contributed by atoms with E-state index in [9.17, 15) is 0 Å². The molecule has 0 aliphatic heterocycles. The van der Waals surface area contributed by atoms with Gasteiger partial charge in [-0.15, -0.1) is 0 Å². The van der Waals surface area contributed by atoms with Gasteiger partial charge in [0.25, 0.3) is 0 Å². The van der Waals surface area contributed by atoms with Crippen LogP contribution in [-0.2, 0) is 17.7 Å². The Balaban J connectivity index is 7.45. The first kappa shape index (κ1) is 37.1. The third kappa shape index (κ3) is 8.05. The fourth-order valence-corrected chi connectivity index (χ4v) is 7.49. The molecule has 0 bridgehead atoms. The Kier molecular flexibility index (Phi) is 11.5. The van der Waals surface area contributed by atoms with Crippen molar-refractivity contribution in [1.29, 1.82) is 0 Å². The molecule has 0 aromatic carbocycles. The summed E-state index contributed by atoms with van der Waals surface area (Å²) in [4.78, 5) is 0. The van der Waals surface area contributed by atoms with Crippen LogP contribution in [0.25, 0.3) is 0 Å². The highest BCUT2D eigenvalue weighted by Crippen LogP contribution is 2.49. The Morgan fingerprint density at radius 1 is 0.324 bits per heavy atom. The van der Waals surface area contributed by atoms with E-state index >= 15 is 0 Å². The van der Waals surface area contributed by atoms with Crippen LogP contribution in [0.4, 0.5) is 0 Å². The molecule has 0 aliphatic rings. The molecular weight excluding hydrogens is 476 g/mol. The first-order chi connectivity index (χ1) is 16.1. The summed E-state index contributed by atoms with van der Waals surface area (Å²) in [5.74, 6) is 0. The van der Waals surface area contributed by atoms with Gasteiger partial charge in [-0.3, -0.25) is 0 Å². The summed E-state index contributed by atoms with van der Waals surface area (Å²) in [5.41, 5.74) is -2.72. The van der Waals surface area contributed by atoms with E-state index in [2.05, 4.69) is 138 Å². The monoisotopic (exact) mass is 544 g/mol. The van der Waals surface area contributed by atoms with Crippen molar-refractivity contribution in [3.63, 3.8) is 0 Å². The van der Waals surface area contributed by atoms with Crippen LogP contribution in [0.1, 0.15) is 164 Å². The van der Waals surface area contributed by atoms with Gasteiger partial charge < -0.3 is 17.7 Å². The fraction of sp³-hybridized carbons (Fsp3) is 1.00. The lowest BCUT2D eigenvalue weighted by Gasteiger charge is -2.55. The van der Waals surface area contributed by atoms with E-state index < -0.39 is 31.5 Å². The summed E-state index contributed by atoms with van der Waals surface area (Å²) in [6.45, 7) is 44.3. The topological polar surface area (TPSA) is 36.9 Å². The molecule has 0 heterocycles. The summed E-state index contributed by atoms with van der Waals surface area (Å²) >= 11 is 0. The van der Waals surface area contributed by atoms with E-state index in [0.717, 1.165) is 25.7 Å². The van der Waals surface area contributed by atoms with Gasteiger partial charge >= 0.3 is 9.05 Å². The summed E-state index contributed by atoms with van der Waals surface area (Å²) in [6, 6.07) is 0. The molecule has 224 valence electrons. The molecular formula is C32H68O4Si. The molecule has 0 spiro atoms. The minimum atomic E-state index is -3.84. The third-order valence-electron chi connectivity index (χ3n) is 11.6. The van der Waals surface area contributed by atoms with Crippen LogP contribution in [0.2, 0.25) is 0 Å². The predicted octanol–water partition coefficient (Wildman–Crippen LogP) is 10.3. The second kappa shape index (κ2) is 11.5. The van der Waals surface area contributed by atoms with E-state index in [1.807, 2.05) is 0 Å². The maximum atomic E-state index is 7.28. The molecule has 0 saturated carbocycles. The molecule has 5 heteroatoms. The van der Waals surface area contributed by atoms with Crippen LogP contribution in [-0.4, -0.2) is 31.5 Å². The molecule has 0 amide bonds. The van der Waals surface area contributed by atoms with Gasteiger partial charge in [0.15, 0.2) is 0 Å². The Bertz CT molecular complexity index is 604. The van der Waals surface area contributed by atoms with Gasteiger partial charge in [-0.1, -0.05) is 83.1 Å². The molecule has 0 fully saturated rings. The highest BCUT2D eigenvalue weighted by atomic mass is 28.4. The van der Waals surface area contributed by atoms with E-state index in [0.29, 0.717) is 0 Å². The second-order valence-electron chi connectivity index (χ2n) is 15.9. The van der Waals surface area contributed by atoms with E-state index in [-0.39, 0.29) is 21.7 Å². The highest BCUT2D eigenvalue weighted by Gasteiger charge is 2.64. The molecule has 0 atom stereocenters. The van der Waals surface area contributed by atoms with Crippen molar-refractivity contribution in [2.45, 2.75) is 187 Å². The number of hydrogen-bond acceptors (Lipinski definition) is 4. The quantitative estimate of drug-likeness (QED) is 0.181. The highest BCUT2D eigenvalue weighted by molar-refractivity contribution is 6.54. The van der Waals surface area contributed by atoms with Gasteiger partial charge in [-0.25, -0.2) is 0 Å².